The topological polar surface area (TPSA) is 50.9 Å². The average Bonchev–Trinajstić information content (AvgIpc) is 2.76. The van der Waals surface area contributed by atoms with Crippen molar-refractivity contribution in [2.24, 2.45) is 24.8 Å². The van der Waals surface area contributed by atoms with E-state index in [1.54, 1.807) is 0 Å². The van der Waals surface area contributed by atoms with E-state index in [1.807, 2.05) is 11.7 Å². The minimum atomic E-state index is 0.372. The summed E-state index contributed by atoms with van der Waals surface area (Å²) in [5.74, 6) is 2.09. The van der Waals surface area contributed by atoms with Gasteiger partial charge in [0.1, 0.15) is 0 Å². The molecule has 1 saturated carbocycles. The molecule has 0 saturated heterocycles. The standard InChI is InChI=1S/C11H17N3O/c1-14-11-5-3-8-7(9(8)6-15)2-4-10(11)12-13-14/h7-9,15H,2-6H2,1H3. The molecular formula is C11H17N3O. The van der Waals surface area contributed by atoms with E-state index in [4.69, 9.17) is 0 Å². The van der Waals surface area contributed by atoms with Crippen molar-refractivity contribution in [3.63, 3.8) is 0 Å². The van der Waals surface area contributed by atoms with Gasteiger partial charge in [0.25, 0.3) is 0 Å². The zero-order chi connectivity index (χ0) is 10.4. The lowest BCUT2D eigenvalue weighted by atomic mass is 10.0. The van der Waals surface area contributed by atoms with Gasteiger partial charge in [0.2, 0.25) is 0 Å². The van der Waals surface area contributed by atoms with Gasteiger partial charge in [0, 0.05) is 13.7 Å². The minimum absolute atomic E-state index is 0.372. The SMILES string of the molecule is Cn1nnc2c1CCC1C(CO)C1CC2. The van der Waals surface area contributed by atoms with Crippen LogP contribution in [0, 0.1) is 17.8 Å². The van der Waals surface area contributed by atoms with E-state index in [1.165, 1.54) is 24.2 Å². The second kappa shape index (κ2) is 3.30. The Morgan fingerprint density at radius 1 is 1.33 bits per heavy atom. The average molecular weight is 207 g/mol. The maximum atomic E-state index is 9.21. The van der Waals surface area contributed by atoms with Crippen LogP contribution in [0.15, 0.2) is 0 Å². The second-order valence-electron chi connectivity index (χ2n) is 4.86. The summed E-state index contributed by atoms with van der Waals surface area (Å²) in [6, 6.07) is 0. The molecule has 1 heterocycles. The van der Waals surface area contributed by atoms with E-state index >= 15 is 0 Å². The highest BCUT2D eigenvalue weighted by molar-refractivity contribution is 5.14. The molecule has 0 radical (unpaired) electrons. The summed E-state index contributed by atoms with van der Waals surface area (Å²) in [4.78, 5) is 0. The first-order valence-electron chi connectivity index (χ1n) is 5.79. The fourth-order valence-electron chi connectivity index (χ4n) is 3.18. The lowest BCUT2D eigenvalue weighted by Crippen LogP contribution is -2.04. The molecule has 0 aliphatic heterocycles. The number of aliphatic hydroxyl groups is 1. The highest BCUT2D eigenvalue weighted by Crippen LogP contribution is 2.52. The van der Waals surface area contributed by atoms with Crippen molar-refractivity contribution in [3.05, 3.63) is 11.4 Å². The lowest BCUT2D eigenvalue weighted by Gasteiger charge is -2.07. The Labute approximate surface area is 89.3 Å². The normalized spacial score (nSPS) is 33.9. The van der Waals surface area contributed by atoms with Crippen molar-refractivity contribution in [3.8, 4) is 0 Å². The minimum Gasteiger partial charge on any atom is -0.396 e. The Balaban J connectivity index is 1.80. The number of hydrogen-bond donors (Lipinski definition) is 1. The zero-order valence-corrected chi connectivity index (χ0v) is 9.06. The Morgan fingerprint density at radius 3 is 2.80 bits per heavy atom. The molecule has 1 N–H and O–H groups in total. The molecule has 4 heteroatoms. The summed E-state index contributed by atoms with van der Waals surface area (Å²) < 4.78 is 1.91. The van der Waals surface area contributed by atoms with Crippen LogP contribution in [-0.4, -0.2) is 26.7 Å². The molecule has 2 aliphatic carbocycles. The summed E-state index contributed by atoms with van der Waals surface area (Å²) in [5, 5.41) is 17.5. The molecule has 3 unspecified atom stereocenters. The van der Waals surface area contributed by atoms with Crippen LogP contribution in [0.3, 0.4) is 0 Å². The summed E-state index contributed by atoms with van der Waals surface area (Å²) in [6.07, 6.45) is 4.50. The Hall–Kier alpha value is -0.900. The van der Waals surface area contributed by atoms with Crippen LogP contribution in [0.25, 0.3) is 0 Å². The first-order chi connectivity index (χ1) is 7.31. The first-order valence-corrected chi connectivity index (χ1v) is 5.79. The lowest BCUT2D eigenvalue weighted by molar-refractivity contribution is 0.262. The maximum absolute atomic E-state index is 9.21. The number of hydrogen-bond acceptors (Lipinski definition) is 3. The van der Waals surface area contributed by atoms with Gasteiger partial charge < -0.3 is 5.11 Å². The molecule has 2 aliphatic rings. The maximum Gasteiger partial charge on any atom is 0.0859 e. The summed E-state index contributed by atoms with van der Waals surface area (Å²) in [7, 11) is 1.97. The van der Waals surface area contributed by atoms with Gasteiger partial charge in [-0.3, -0.25) is 4.68 Å². The summed E-state index contributed by atoms with van der Waals surface area (Å²) >= 11 is 0. The van der Waals surface area contributed by atoms with Gasteiger partial charge >= 0.3 is 0 Å². The van der Waals surface area contributed by atoms with E-state index < -0.39 is 0 Å². The van der Waals surface area contributed by atoms with Crippen LogP contribution in [0.4, 0.5) is 0 Å². The molecule has 1 aromatic rings. The van der Waals surface area contributed by atoms with Crippen molar-refractivity contribution < 1.29 is 5.11 Å². The largest absolute Gasteiger partial charge is 0.396 e. The molecule has 0 bridgehead atoms. The molecule has 1 aromatic heterocycles. The van der Waals surface area contributed by atoms with Crippen LogP contribution in [0.1, 0.15) is 24.2 Å². The zero-order valence-electron chi connectivity index (χ0n) is 9.06. The van der Waals surface area contributed by atoms with Crippen LogP contribution in [0.5, 0.6) is 0 Å². The van der Waals surface area contributed by atoms with E-state index in [-0.39, 0.29) is 0 Å². The molecule has 3 atom stereocenters. The Bertz CT molecular complexity index is 374. The van der Waals surface area contributed by atoms with Gasteiger partial charge in [-0.15, -0.1) is 5.10 Å². The van der Waals surface area contributed by atoms with Crippen molar-refractivity contribution >= 4 is 0 Å². The third-order valence-electron chi connectivity index (χ3n) is 4.17. The van der Waals surface area contributed by atoms with Crippen LogP contribution < -0.4 is 0 Å². The molecule has 3 rings (SSSR count). The van der Waals surface area contributed by atoms with Gasteiger partial charge in [0.05, 0.1) is 11.4 Å². The quantitative estimate of drug-likeness (QED) is 0.731. The van der Waals surface area contributed by atoms with Crippen molar-refractivity contribution in [2.45, 2.75) is 25.7 Å². The van der Waals surface area contributed by atoms with Gasteiger partial charge in [0.15, 0.2) is 0 Å². The van der Waals surface area contributed by atoms with Crippen molar-refractivity contribution in [2.75, 3.05) is 6.61 Å². The van der Waals surface area contributed by atoms with E-state index in [2.05, 4.69) is 10.3 Å². The summed E-state index contributed by atoms with van der Waals surface area (Å²) in [5.41, 5.74) is 2.48. The Kier molecular flexibility index (Phi) is 2.06. The predicted octanol–water partition coefficient (Wildman–Crippen LogP) is 0.548. The molecule has 15 heavy (non-hydrogen) atoms. The molecule has 0 aromatic carbocycles. The number of nitrogens with zero attached hydrogens (tertiary/aromatic N) is 3. The number of aromatic nitrogens is 3. The highest BCUT2D eigenvalue weighted by Gasteiger charge is 2.49. The van der Waals surface area contributed by atoms with E-state index in [0.29, 0.717) is 12.5 Å². The number of aliphatic hydroxyl groups excluding tert-OH is 1. The first kappa shape index (κ1) is 9.33. The number of aryl methyl sites for hydroxylation is 2. The van der Waals surface area contributed by atoms with Gasteiger partial charge in [-0.05, 0) is 43.4 Å². The fraction of sp³-hybridized carbons (Fsp3) is 0.818. The van der Waals surface area contributed by atoms with Crippen LogP contribution in [0.2, 0.25) is 0 Å². The second-order valence-corrected chi connectivity index (χ2v) is 4.86. The van der Waals surface area contributed by atoms with Crippen LogP contribution >= 0.6 is 0 Å². The van der Waals surface area contributed by atoms with Gasteiger partial charge in [-0.25, -0.2) is 0 Å². The van der Waals surface area contributed by atoms with Crippen LogP contribution in [-0.2, 0) is 19.9 Å². The highest BCUT2D eigenvalue weighted by atomic mass is 16.3. The molecule has 0 amide bonds. The fourth-order valence-corrected chi connectivity index (χ4v) is 3.18. The van der Waals surface area contributed by atoms with Crippen molar-refractivity contribution in [1.29, 1.82) is 0 Å². The Morgan fingerprint density at radius 2 is 2.07 bits per heavy atom. The van der Waals surface area contributed by atoms with E-state index in [9.17, 15) is 5.11 Å². The number of fused-ring (bicyclic) bond motifs is 2. The predicted molar refractivity (Wildman–Crippen MR) is 55.2 cm³/mol. The molecule has 4 nitrogen and oxygen atoms in total. The smallest absolute Gasteiger partial charge is 0.0859 e. The van der Waals surface area contributed by atoms with E-state index in [0.717, 1.165) is 24.7 Å². The monoisotopic (exact) mass is 207 g/mol. The van der Waals surface area contributed by atoms with Gasteiger partial charge in [-0.2, -0.15) is 0 Å². The molecular weight excluding hydrogens is 190 g/mol. The summed E-state index contributed by atoms with van der Waals surface area (Å²) in [6.45, 7) is 0.372. The third kappa shape index (κ3) is 1.39. The van der Waals surface area contributed by atoms with Gasteiger partial charge in [-0.1, -0.05) is 5.21 Å². The third-order valence-corrected chi connectivity index (χ3v) is 4.17. The van der Waals surface area contributed by atoms with Crippen molar-refractivity contribution in [1.82, 2.24) is 15.0 Å². The molecule has 0 spiro atoms. The number of rotatable bonds is 1. The molecule has 82 valence electrons. The molecule has 1 fully saturated rings.